The Bertz CT molecular complexity index is 1040. The van der Waals surface area contributed by atoms with Crippen LogP contribution in [0.4, 0.5) is 0 Å². The third-order valence-corrected chi connectivity index (χ3v) is 17.5. The van der Waals surface area contributed by atoms with E-state index in [1.807, 2.05) is 6.92 Å². The van der Waals surface area contributed by atoms with E-state index in [9.17, 15) is 23.6 Å². The molecule has 9 heteroatoms. The molecule has 1 spiro atoms. The third-order valence-electron chi connectivity index (χ3n) is 11.1. The SMILES string of the molecule is C[C@H]1C[C@@](O)(CO[Si](C)(C)C(C)(C)C)[C@@H](C#N)C[C@@H]1C(=O)N1C2CC3CCC2(CS1(=O)=O)C3(C)C. The van der Waals surface area contributed by atoms with Crippen LogP contribution >= 0.6 is 0 Å². The molecule has 2 bridgehead atoms. The zero-order valence-electron chi connectivity index (χ0n) is 22.7. The Labute approximate surface area is 212 Å². The second kappa shape index (κ2) is 8.02. The van der Waals surface area contributed by atoms with E-state index in [1.54, 1.807) is 0 Å². The van der Waals surface area contributed by atoms with Crippen molar-refractivity contribution in [2.45, 2.75) is 103 Å². The van der Waals surface area contributed by atoms with Crippen molar-refractivity contribution in [3.63, 3.8) is 0 Å². The molecule has 1 amide bonds. The van der Waals surface area contributed by atoms with E-state index >= 15 is 0 Å². The summed E-state index contributed by atoms with van der Waals surface area (Å²) in [5, 5.41) is 21.5. The predicted octanol–water partition coefficient (Wildman–Crippen LogP) is 4.29. The summed E-state index contributed by atoms with van der Waals surface area (Å²) in [6, 6.07) is 1.96. The van der Waals surface area contributed by atoms with E-state index in [0.29, 0.717) is 5.92 Å². The first-order valence-electron chi connectivity index (χ1n) is 13.1. The molecule has 198 valence electrons. The summed E-state index contributed by atoms with van der Waals surface area (Å²) >= 11 is 0. The average Bonchev–Trinajstić information content (AvgIpc) is 3.19. The lowest BCUT2D eigenvalue weighted by Crippen LogP contribution is -2.55. The van der Waals surface area contributed by atoms with E-state index in [2.05, 4.69) is 53.8 Å². The van der Waals surface area contributed by atoms with Gasteiger partial charge < -0.3 is 9.53 Å². The van der Waals surface area contributed by atoms with Crippen LogP contribution in [0.5, 0.6) is 0 Å². The monoisotopic (exact) mass is 524 g/mol. The Balaban J connectivity index is 1.56. The van der Waals surface area contributed by atoms with Gasteiger partial charge in [-0.15, -0.1) is 0 Å². The zero-order valence-corrected chi connectivity index (χ0v) is 24.5. The minimum atomic E-state index is -3.71. The van der Waals surface area contributed by atoms with Gasteiger partial charge in [-0.3, -0.25) is 4.79 Å². The molecule has 1 N–H and O–H groups in total. The molecule has 3 unspecified atom stereocenters. The maximum absolute atomic E-state index is 13.9. The lowest BCUT2D eigenvalue weighted by atomic mass is 9.66. The Hall–Kier alpha value is -0.953. The Kier molecular flexibility index (Phi) is 6.21. The lowest BCUT2D eigenvalue weighted by Gasteiger charge is -2.46. The summed E-state index contributed by atoms with van der Waals surface area (Å²) in [6.07, 6.45) is 3.02. The van der Waals surface area contributed by atoms with Crippen LogP contribution in [0.2, 0.25) is 18.1 Å². The van der Waals surface area contributed by atoms with Gasteiger partial charge in [0.05, 0.1) is 30.4 Å². The van der Waals surface area contributed by atoms with Crippen LogP contribution in [-0.2, 0) is 19.2 Å². The van der Waals surface area contributed by atoms with Crippen LogP contribution in [0.1, 0.15) is 73.6 Å². The van der Waals surface area contributed by atoms with Crippen molar-refractivity contribution in [1.82, 2.24) is 4.31 Å². The molecule has 0 aromatic heterocycles. The molecule has 0 radical (unpaired) electrons. The fourth-order valence-corrected chi connectivity index (χ4v) is 11.1. The summed E-state index contributed by atoms with van der Waals surface area (Å²) < 4.78 is 34.3. The third kappa shape index (κ3) is 3.84. The average molecular weight is 525 g/mol. The Morgan fingerprint density at radius 2 is 1.89 bits per heavy atom. The topological polar surface area (TPSA) is 108 Å². The van der Waals surface area contributed by atoms with Gasteiger partial charge in [-0.2, -0.15) is 5.26 Å². The fourth-order valence-electron chi connectivity index (χ4n) is 7.49. The van der Waals surface area contributed by atoms with Crippen molar-refractivity contribution >= 4 is 24.2 Å². The molecule has 7 atom stereocenters. The number of aliphatic hydroxyl groups is 1. The van der Waals surface area contributed by atoms with E-state index in [1.165, 1.54) is 4.31 Å². The van der Waals surface area contributed by atoms with Crippen molar-refractivity contribution < 1.29 is 22.7 Å². The highest BCUT2D eigenvalue weighted by Gasteiger charge is 2.72. The number of sulfonamides is 1. The number of fused-ring (bicyclic) bond motifs is 1. The predicted molar refractivity (Wildman–Crippen MR) is 137 cm³/mol. The minimum absolute atomic E-state index is 0.0290. The van der Waals surface area contributed by atoms with Crippen molar-refractivity contribution in [3.05, 3.63) is 0 Å². The Morgan fingerprint density at radius 1 is 1.26 bits per heavy atom. The summed E-state index contributed by atoms with van der Waals surface area (Å²) in [5.74, 6) is -1.51. The van der Waals surface area contributed by atoms with E-state index in [-0.39, 0.29) is 58.9 Å². The molecule has 4 rings (SSSR count). The first kappa shape index (κ1) is 27.1. The van der Waals surface area contributed by atoms with Gasteiger partial charge in [0.2, 0.25) is 15.9 Å². The zero-order chi connectivity index (χ0) is 26.4. The van der Waals surface area contributed by atoms with E-state index in [4.69, 9.17) is 4.43 Å². The quantitative estimate of drug-likeness (QED) is 0.550. The van der Waals surface area contributed by atoms with Crippen molar-refractivity contribution in [2.75, 3.05) is 12.4 Å². The maximum atomic E-state index is 13.9. The second-order valence-corrected chi connectivity index (χ2v) is 20.8. The normalized spacial score (nSPS) is 42.1. The summed E-state index contributed by atoms with van der Waals surface area (Å²) in [7, 11) is -5.85. The van der Waals surface area contributed by atoms with Gasteiger partial charge in [0, 0.05) is 11.3 Å². The molecular formula is C26H44N2O5SSi. The van der Waals surface area contributed by atoms with Gasteiger partial charge in [0.25, 0.3) is 0 Å². The number of rotatable bonds is 4. The number of hydrogen-bond acceptors (Lipinski definition) is 6. The fraction of sp³-hybridized carbons (Fsp3) is 0.923. The molecular weight excluding hydrogens is 480 g/mol. The van der Waals surface area contributed by atoms with Gasteiger partial charge in [-0.25, -0.2) is 12.7 Å². The van der Waals surface area contributed by atoms with Crippen LogP contribution in [0.3, 0.4) is 0 Å². The van der Waals surface area contributed by atoms with Crippen molar-refractivity contribution in [3.8, 4) is 6.07 Å². The molecule has 1 aliphatic heterocycles. The van der Waals surface area contributed by atoms with Gasteiger partial charge in [0.1, 0.15) is 5.60 Å². The number of nitrogens with zero attached hydrogens (tertiary/aromatic N) is 2. The molecule has 4 fully saturated rings. The van der Waals surface area contributed by atoms with Gasteiger partial charge in [-0.05, 0) is 67.5 Å². The smallest absolute Gasteiger partial charge is 0.239 e. The van der Waals surface area contributed by atoms with E-state index < -0.39 is 35.8 Å². The largest absolute Gasteiger partial charge is 0.414 e. The number of nitriles is 1. The summed E-state index contributed by atoms with van der Waals surface area (Å²) in [5.41, 5.74) is -1.81. The van der Waals surface area contributed by atoms with Gasteiger partial charge in [0.15, 0.2) is 8.32 Å². The molecule has 0 aromatic rings. The summed E-state index contributed by atoms with van der Waals surface area (Å²) in [6.45, 7) is 16.9. The molecule has 7 nitrogen and oxygen atoms in total. The molecule has 3 saturated carbocycles. The molecule has 1 saturated heterocycles. The van der Waals surface area contributed by atoms with Crippen LogP contribution < -0.4 is 0 Å². The number of amides is 1. The van der Waals surface area contributed by atoms with E-state index in [0.717, 1.165) is 19.3 Å². The van der Waals surface area contributed by atoms with Crippen LogP contribution in [0.15, 0.2) is 0 Å². The van der Waals surface area contributed by atoms with Crippen molar-refractivity contribution in [2.24, 2.45) is 34.5 Å². The highest BCUT2D eigenvalue weighted by atomic mass is 32.2. The molecule has 0 aromatic carbocycles. The first-order valence-corrected chi connectivity index (χ1v) is 17.7. The molecule has 35 heavy (non-hydrogen) atoms. The van der Waals surface area contributed by atoms with Crippen LogP contribution in [0, 0.1) is 45.8 Å². The highest BCUT2D eigenvalue weighted by molar-refractivity contribution is 7.90. The van der Waals surface area contributed by atoms with Crippen LogP contribution in [0.25, 0.3) is 0 Å². The summed E-state index contributed by atoms with van der Waals surface area (Å²) in [4.78, 5) is 13.9. The van der Waals surface area contributed by atoms with Crippen LogP contribution in [-0.4, -0.2) is 56.1 Å². The lowest BCUT2D eigenvalue weighted by molar-refractivity contribution is -0.143. The molecule has 4 aliphatic rings. The molecule has 1 heterocycles. The Morgan fingerprint density at radius 3 is 2.43 bits per heavy atom. The number of carbonyl (C=O) groups excluding carboxylic acids is 1. The highest BCUT2D eigenvalue weighted by Crippen LogP contribution is 2.70. The van der Waals surface area contributed by atoms with Gasteiger partial charge in [-0.1, -0.05) is 41.5 Å². The number of hydrogen-bond donors (Lipinski definition) is 1. The minimum Gasteiger partial charge on any atom is -0.414 e. The standard InChI is InChI=1S/C26H44N2O5SSi/c1-17-13-26(30,15-33-35(7,8)23(2,3)4)19(14-27)11-20(17)22(29)28-21-12-18-9-10-25(21,24(18,5)6)16-34(28,31)32/h17-21,30H,9-13,15-16H2,1-8H3/t17-,18?,19+,20-,21?,25?,26+/m0/s1. The van der Waals surface area contributed by atoms with Crippen molar-refractivity contribution in [1.29, 1.82) is 5.26 Å². The maximum Gasteiger partial charge on any atom is 0.239 e. The first-order chi connectivity index (χ1) is 15.8. The number of carbonyl (C=O) groups is 1. The molecule has 3 aliphatic carbocycles. The van der Waals surface area contributed by atoms with Gasteiger partial charge >= 0.3 is 0 Å². The second-order valence-electron chi connectivity index (χ2n) is 14.1.